The quantitative estimate of drug-likeness (QED) is 0.580. The molecule has 4 heteroatoms. The number of phenols is 1. The van der Waals surface area contributed by atoms with Crippen LogP contribution >= 0.6 is 0 Å². The minimum absolute atomic E-state index is 0.0657. The van der Waals surface area contributed by atoms with Crippen LogP contribution in [0.25, 0.3) is 6.08 Å². The molecule has 1 aromatic carbocycles. The van der Waals surface area contributed by atoms with Crippen molar-refractivity contribution in [3.8, 4) is 11.5 Å². The summed E-state index contributed by atoms with van der Waals surface area (Å²) in [4.78, 5) is 10.7. The summed E-state index contributed by atoms with van der Waals surface area (Å²) in [5.74, 6) is -0.470. The summed E-state index contributed by atoms with van der Waals surface area (Å²) in [5.41, 5.74) is 0.734. The van der Waals surface area contributed by atoms with Crippen LogP contribution in [0.1, 0.15) is 12.5 Å². The zero-order chi connectivity index (χ0) is 11.3. The molecule has 0 aliphatic heterocycles. The maximum absolute atomic E-state index is 10.7. The number of ether oxygens (including phenoxy) is 1. The van der Waals surface area contributed by atoms with E-state index < -0.39 is 5.97 Å². The highest BCUT2D eigenvalue weighted by molar-refractivity contribution is 5.71. The molecule has 15 heavy (non-hydrogen) atoms. The van der Waals surface area contributed by atoms with Gasteiger partial charge >= 0.3 is 5.97 Å². The van der Waals surface area contributed by atoms with Gasteiger partial charge in [-0.2, -0.15) is 0 Å². The van der Waals surface area contributed by atoms with Crippen LogP contribution < -0.4 is 4.74 Å². The van der Waals surface area contributed by atoms with Gasteiger partial charge < -0.3 is 14.9 Å². The summed E-state index contributed by atoms with van der Waals surface area (Å²) >= 11 is 0. The summed E-state index contributed by atoms with van der Waals surface area (Å²) < 4.78 is 4.78. The molecule has 0 bridgehead atoms. The number of phenolic OH excluding ortho intramolecular Hbond substituents is 1. The molecule has 1 rings (SSSR count). The fourth-order valence-electron chi connectivity index (χ4n) is 1.06. The van der Waals surface area contributed by atoms with Crippen LogP contribution in [-0.4, -0.2) is 22.8 Å². The van der Waals surface area contributed by atoms with E-state index in [1.165, 1.54) is 19.1 Å². The molecule has 0 radical (unpaired) electrons. The Morgan fingerprint density at radius 3 is 2.87 bits per heavy atom. The molecule has 2 N–H and O–H groups in total. The molecule has 0 unspecified atom stereocenters. The average Bonchev–Trinajstić information content (AvgIpc) is 2.18. The second-order valence-corrected chi connectivity index (χ2v) is 2.91. The van der Waals surface area contributed by atoms with Crippen molar-refractivity contribution in [1.82, 2.24) is 0 Å². The van der Waals surface area contributed by atoms with E-state index in [0.29, 0.717) is 0 Å². The van der Waals surface area contributed by atoms with Crippen molar-refractivity contribution in [2.75, 3.05) is 6.61 Å². The zero-order valence-electron chi connectivity index (χ0n) is 8.30. The summed E-state index contributed by atoms with van der Waals surface area (Å²) in [7, 11) is 0. The van der Waals surface area contributed by atoms with E-state index in [4.69, 9.17) is 9.84 Å². The Bertz CT molecular complexity index is 382. The molecule has 0 saturated heterocycles. The first-order valence-corrected chi connectivity index (χ1v) is 4.42. The molecule has 0 spiro atoms. The van der Waals surface area contributed by atoms with Crippen LogP contribution in [0.15, 0.2) is 24.3 Å². The fourth-order valence-corrected chi connectivity index (χ4v) is 1.06. The van der Waals surface area contributed by atoms with Crippen LogP contribution in [0.2, 0.25) is 0 Å². The third-order valence-corrected chi connectivity index (χ3v) is 1.65. The number of hydrogen-bond donors (Lipinski definition) is 2. The van der Waals surface area contributed by atoms with Gasteiger partial charge in [-0.25, -0.2) is 0 Å². The zero-order valence-corrected chi connectivity index (χ0v) is 8.30. The molecule has 0 aliphatic rings. The van der Waals surface area contributed by atoms with Crippen molar-refractivity contribution in [3.05, 3.63) is 29.8 Å². The fraction of sp³-hybridized carbons (Fsp3) is 0.182. The molecule has 0 fully saturated rings. The van der Waals surface area contributed by atoms with Crippen molar-refractivity contribution in [1.29, 1.82) is 0 Å². The van der Waals surface area contributed by atoms with Gasteiger partial charge in [-0.1, -0.05) is 18.2 Å². The van der Waals surface area contributed by atoms with Gasteiger partial charge in [0.2, 0.25) is 0 Å². The monoisotopic (exact) mass is 208 g/mol. The van der Waals surface area contributed by atoms with E-state index in [-0.39, 0.29) is 18.1 Å². The number of carbonyl (C=O) groups is 1. The van der Waals surface area contributed by atoms with Crippen LogP contribution in [0.5, 0.6) is 11.5 Å². The summed E-state index contributed by atoms with van der Waals surface area (Å²) in [6.45, 7) is 1.19. The number of aliphatic hydroxyl groups is 1. The Hall–Kier alpha value is -1.81. The van der Waals surface area contributed by atoms with E-state index in [1.54, 1.807) is 18.2 Å². The van der Waals surface area contributed by atoms with E-state index >= 15 is 0 Å². The van der Waals surface area contributed by atoms with Gasteiger partial charge in [0.1, 0.15) is 0 Å². The number of carbonyl (C=O) groups excluding carboxylic acids is 1. The Kier molecular flexibility index (Phi) is 3.88. The van der Waals surface area contributed by atoms with Crippen LogP contribution in [-0.2, 0) is 4.79 Å². The number of rotatable bonds is 3. The van der Waals surface area contributed by atoms with Crippen molar-refractivity contribution in [2.45, 2.75) is 6.92 Å². The molecule has 0 aromatic heterocycles. The second-order valence-electron chi connectivity index (χ2n) is 2.91. The molecule has 0 aliphatic carbocycles. The van der Waals surface area contributed by atoms with Crippen molar-refractivity contribution in [3.63, 3.8) is 0 Å². The highest BCUT2D eigenvalue weighted by Crippen LogP contribution is 2.27. The Morgan fingerprint density at radius 1 is 1.53 bits per heavy atom. The number of esters is 1. The maximum atomic E-state index is 10.7. The van der Waals surface area contributed by atoms with Crippen molar-refractivity contribution < 1.29 is 19.7 Å². The molecular weight excluding hydrogens is 196 g/mol. The van der Waals surface area contributed by atoms with Gasteiger partial charge in [-0.05, 0) is 17.7 Å². The Morgan fingerprint density at radius 2 is 2.27 bits per heavy atom. The van der Waals surface area contributed by atoms with Gasteiger partial charge in [0, 0.05) is 6.92 Å². The molecule has 0 heterocycles. The highest BCUT2D eigenvalue weighted by Gasteiger charge is 2.04. The van der Waals surface area contributed by atoms with E-state index in [1.807, 2.05) is 0 Å². The number of aromatic hydroxyl groups is 1. The summed E-state index contributed by atoms with van der Waals surface area (Å²) in [5, 5.41) is 17.9. The SMILES string of the molecule is CC(=O)Oc1cc(/C=C/CO)ccc1O. The molecule has 4 nitrogen and oxygen atoms in total. The second kappa shape index (κ2) is 5.17. The normalized spacial score (nSPS) is 10.5. The molecule has 0 saturated carbocycles. The lowest BCUT2D eigenvalue weighted by molar-refractivity contribution is -0.132. The van der Waals surface area contributed by atoms with Crippen LogP contribution in [0.3, 0.4) is 0 Å². The number of hydrogen-bond acceptors (Lipinski definition) is 4. The predicted octanol–water partition coefficient (Wildman–Crippen LogP) is 1.32. The van der Waals surface area contributed by atoms with Gasteiger partial charge in [-0.15, -0.1) is 0 Å². The van der Waals surface area contributed by atoms with Gasteiger partial charge in [0.25, 0.3) is 0 Å². The van der Waals surface area contributed by atoms with E-state index in [0.717, 1.165) is 5.56 Å². The molecule has 80 valence electrons. The van der Waals surface area contributed by atoms with Gasteiger partial charge in [0.15, 0.2) is 11.5 Å². The number of aliphatic hydroxyl groups excluding tert-OH is 1. The summed E-state index contributed by atoms with van der Waals surface area (Å²) in [6, 6.07) is 4.59. The third kappa shape index (κ3) is 3.44. The smallest absolute Gasteiger partial charge is 0.308 e. The molecule has 0 amide bonds. The minimum Gasteiger partial charge on any atom is -0.504 e. The molecule has 1 aromatic rings. The molecule has 0 atom stereocenters. The lowest BCUT2D eigenvalue weighted by Gasteiger charge is -2.04. The third-order valence-electron chi connectivity index (χ3n) is 1.65. The average molecular weight is 208 g/mol. The predicted molar refractivity (Wildman–Crippen MR) is 55.5 cm³/mol. The lowest BCUT2D eigenvalue weighted by Crippen LogP contribution is -2.01. The first-order valence-electron chi connectivity index (χ1n) is 4.42. The maximum Gasteiger partial charge on any atom is 0.308 e. The first kappa shape index (κ1) is 11.3. The number of benzene rings is 1. The molecular formula is C11H12O4. The van der Waals surface area contributed by atoms with Crippen molar-refractivity contribution >= 4 is 12.0 Å². The minimum atomic E-state index is -0.492. The first-order chi connectivity index (χ1) is 7.13. The van der Waals surface area contributed by atoms with Crippen molar-refractivity contribution in [2.24, 2.45) is 0 Å². The van der Waals surface area contributed by atoms with Gasteiger partial charge in [-0.3, -0.25) is 4.79 Å². The standard InChI is InChI=1S/C11H12O4/c1-8(13)15-11-7-9(3-2-6-12)4-5-10(11)14/h2-5,7,12,14H,6H2,1H3/b3-2+. The van der Waals surface area contributed by atoms with Gasteiger partial charge in [0.05, 0.1) is 6.61 Å². The summed E-state index contributed by atoms with van der Waals surface area (Å²) in [6.07, 6.45) is 3.20. The lowest BCUT2D eigenvalue weighted by atomic mass is 10.2. The van der Waals surface area contributed by atoms with Crippen LogP contribution in [0, 0.1) is 0 Å². The van der Waals surface area contributed by atoms with Crippen LogP contribution in [0.4, 0.5) is 0 Å². The Labute approximate surface area is 87.4 Å². The van der Waals surface area contributed by atoms with E-state index in [9.17, 15) is 9.90 Å². The highest BCUT2D eigenvalue weighted by atomic mass is 16.5. The largest absolute Gasteiger partial charge is 0.504 e. The topological polar surface area (TPSA) is 66.8 Å². The Balaban J connectivity index is 2.94. The van der Waals surface area contributed by atoms with E-state index in [2.05, 4.69) is 0 Å².